The molecule has 56 heavy (non-hydrogen) atoms. The summed E-state index contributed by atoms with van der Waals surface area (Å²) in [6.07, 6.45) is 6.52. The van der Waals surface area contributed by atoms with Gasteiger partial charge in [0.15, 0.2) is 0 Å². The Bertz CT molecular complexity index is 3150. The Morgan fingerprint density at radius 1 is 0.339 bits per heavy atom. The summed E-state index contributed by atoms with van der Waals surface area (Å²) in [6, 6.07) is 71.5. The second kappa shape index (κ2) is 13.0. The summed E-state index contributed by atoms with van der Waals surface area (Å²) in [5.74, 6) is 0. The minimum Gasteiger partial charge on any atom is -0.309 e. The summed E-state index contributed by atoms with van der Waals surface area (Å²) in [7, 11) is 0. The van der Waals surface area contributed by atoms with E-state index in [-0.39, 0.29) is 0 Å². The molecule has 0 saturated carbocycles. The van der Waals surface area contributed by atoms with Gasteiger partial charge >= 0.3 is 19.0 Å². The topological polar surface area (TPSA) is 21.5 Å². The summed E-state index contributed by atoms with van der Waals surface area (Å²) >= 11 is 0. The van der Waals surface area contributed by atoms with E-state index < -0.39 is 0 Å². The van der Waals surface area contributed by atoms with Gasteiger partial charge in [-0.3, -0.25) is 0 Å². The number of aromatic nitrogens is 5. The molecule has 262 valence electrons. The van der Waals surface area contributed by atoms with Gasteiger partial charge in [0, 0.05) is 67.3 Å². The van der Waals surface area contributed by atoms with Crippen molar-refractivity contribution in [3.05, 3.63) is 219 Å². The summed E-state index contributed by atoms with van der Waals surface area (Å²) in [6.45, 7) is 0. The van der Waals surface area contributed by atoms with E-state index in [1.54, 1.807) is 0 Å². The highest BCUT2D eigenvalue weighted by molar-refractivity contribution is 6.32. The third-order valence-corrected chi connectivity index (χ3v) is 10.9. The third-order valence-electron chi connectivity index (χ3n) is 10.9. The van der Waals surface area contributed by atoms with Gasteiger partial charge in [0.1, 0.15) is 11.0 Å². The molecular weight excluding hydrogens is 683 g/mol. The van der Waals surface area contributed by atoms with Crippen LogP contribution in [0.3, 0.4) is 0 Å². The molecule has 0 amide bonds. The summed E-state index contributed by atoms with van der Waals surface area (Å²) in [4.78, 5) is 0. The second-order valence-electron chi connectivity index (χ2n) is 14.2. The van der Waals surface area contributed by atoms with E-state index in [9.17, 15) is 0 Å². The van der Waals surface area contributed by atoms with Crippen LogP contribution in [0.4, 0.5) is 0 Å². The van der Waals surface area contributed by atoms with Crippen molar-refractivity contribution in [1.29, 1.82) is 0 Å². The highest BCUT2D eigenvalue weighted by atomic mass is 15.5. The fraction of sp³-hybridized carbons (Fsp3) is 0. The van der Waals surface area contributed by atoms with Crippen LogP contribution in [0, 0.1) is 0 Å². The second-order valence-corrected chi connectivity index (χ2v) is 14.2. The molecular formula is C51H36N5+3. The van der Waals surface area contributed by atoms with Crippen molar-refractivity contribution in [3.8, 4) is 39.3 Å². The average molecular weight is 719 g/mol. The van der Waals surface area contributed by atoms with E-state index in [1.807, 2.05) is 0 Å². The van der Waals surface area contributed by atoms with Crippen molar-refractivity contribution in [3.63, 3.8) is 0 Å². The predicted molar refractivity (Wildman–Crippen MR) is 225 cm³/mol. The molecule has 8 aromatic carbocycles. The predicted octanol–water partition coefficient (Wildman–Crippen LogP) is 10.4. The Kier molecular flexibility index (Phi) is 7.42. The molecule has 0 bridgehead atoms. The van der Waals surface area contributed by atoms with E-state index in [4.69, 9.17) is 0 Å². The Hall–Kier alpha value is -7.63. The van der Waals surface area contributed by atoms with Crippen molar-refractivity contribution in [2.45, 2.75) is 0 Å². The van der Waals surface area contributed by atoms with Gasteiger partial charge in [0.05, 0.1) is 11.0 Å². The van der Waals surface area contributed by atoms with Crippen molar-refractivity contribution >= 4 is 43.6 Å². The molecule has 0 atom stereocenters. The van der Waals surface area contributed by atoms with Crippen LogP contribution in [0.25, 0.3) is 82.9 Å². The van der Waals surface area contributed by atoms with Crippen LogP contribution in [0.15, 0.2) is 219 Å². The van der Waals surface area contributed by atoms with Gasteiger partial charge in [-0.1, -0.05) is 152 Å². The Balaban J connectivity index is 1.42. The lowest BCUT2D eigenvalue weighted by Gasteiger charge is -2.16. The van der Waals surface area contributed by atoms with Gasteiger partial charge in [-0.2, -0.15) is 0 Å². The van der Waals surface area contributed by atoms with Gasteiger partial charge in [-0.05, 0) is 44.5 Å². The number of nitrogens with zero attached hydrogens (tertiary/aromatic N) is 5. The maximum atomic E-state index is 2.48. The van der Waals surface area contributed by atoms with Crippen LogP contribution in [0.2, 0.25) is 0 Å². The first kappa shape index (κ1) is 31.9. The zero-order chi connectivity index (χ0) is 37.0. The molecule has 0 unspecified atom stereocenters. The maximum absolute atomic E-state index is 2.48. The highest BCUT2D eigenvalue weighted by Gasteiger charge is 2.33. The monoisotopic (exact) mass is 718 g/mol. The molecule has 0 saturated heterocycles. The molecule has 0 N–H and O–H groups in total. The van der Waals surface area contributed by atoms with Crippen molar-refractivity contribution in [2.75, 3.05) is 0 Å². The number of para-hydroxylation sites is 5. The first-order valence-corrected chi connectivity index (χ1v) is 19.0. The van der Waals surface area contributed by atoms with E-state index in [1.165, 1.54) is 49.3 Å². The van der Waals surface area contributed by atoms with Gasteiger partial charge in [-0.15, -0.1) is 4.68 Å². The van der Waals surface area contributed by atoms with Crippen LogP contribution in [-0.2, 0) is 0 Å². The minimum atomic E-state index is 1.06. The zero-order valence-corrected chi connectivity index (χ0v) is 30.5. The molecule has 0 radical (unpaired) electrons. The quantitative estimate of drug-likeness (QED) is 0.153. The Morgan fingerprint density at radius 2 is 0.768 bits per heavy atom. The van der Waals surface area contributed by atoms with Gasteiger partial charge in [0.2, 0.25) is 11.4 Å². The van der Waals surface area contributed by atoms with E-state index in [0.29, 0.717) is 0 Å². The lowest BCUT2D eigenvalue weighted by Crippen LogP contribution is -2.58. The van der Waals surface area contributed by atoms with Crippen LogP contribution < -0.4 is 13.8 Å². The first-order chi connectivity index (χ1) is 27.8. The molecule has 3 heterocycles. The smallest absolute Gasteiger partial charge is 0.309 e. The molecule has 3 aromatic heterocycles. The van der Waals surface area contributed by atoms with Gasteiger partial charge in [-0.25, -0.2) is 0 Å². The number of fused-ring (bicyclic) bond motifs is 6. The average Bonchev–Trinajstić information content (AvgIpc) is 3.80. The summed E-state index contributed by atoms with van der Waals surface area (Å²) in [5, 5.41) is 4.85. The van der Waals surface area contributed by atoms with Crippen LogP contribution >= 0.6 is 0 Å². The molecule has 0 aliphatic heterocycles. The van der Waals surface area contributed by atoms with Crippen LogP contribution in [0.5, 0.6) is 0 Å². The molecule has 0 aliphatic carbocycles. The highest BCUT2D eigenvalue weighted by Crippen LogP contribution is 2.50. The fourth-order valence-electron chi connectivity index (χ4n) is 8.58. The molecule has 5 heteroatoms. The first-order valence-electron chi connectivity index (χ1n) is 19.0. The van der Waals surface area contributed by atoms with Crippen LogP contribution in [0.1, 0.15) is 0 Å². The Morgan fingerprint density at radius 3 is 1.34 bits per heavy atom. The lowest BCUT2D eigenvalue weighted by atomic mass is 9.89. The molecule has 11 aromatic rings. The molecule has 11 rings (SSSR count). The molecule has 5 nitrogen and oxygen atoms in total. The standard InChI is InChI=1S/C51H36N5/c1-6-20-37(21-7-1)46-48-42-30-16-18-32-44(42)55(41-28-14-5-15-29-41)50(48)47(38-22-8-2-9-23-38)51-49(46)43-31-17-19-33-45(43)56(51)54-35-52(39-24-10-3-11-25-39)34-53(36-54)40-26-12-4-13-27-40/h1-36H/q+3. The third kappa shape index (κ3) is 4.99. The van der Waals surface area contributed by atoms with Crippen molar-refractivity contribution in [1.82, 2.24) is 9.24 Å². The van der Waals surface area contributed by atoms with Gasteiger partial charge in [0.25, 0.3) is 0 Å². The van der Waals surface area contributed by atoms with E-state index in [0.717, 1.165) is 33.7 Å². The minimum absolute atomic E-state index is 1.06. The zero-order valence-electron chi connectivity index (χ0n) is 30.5. The van der Waals surface area contributed by atoms with Crippen molar-refractivity contribution < 1.29 is 13.8 Å². The SMILES string of the molecule is c1ccc(-c2c3c4ccccc4n(-c4ccccc4)c3c(-c3ccccc3)c3c2c2ccccc2n3-[n+]2c[n+](-c3ccccc3)c[n+](-c3ccccc3)c2)cc1. The number of hydrogen-bond donors (Lipinski definition) is 0. The number of rotatable bonds is 6. The van der Waals surface area contributed by atoms with E-state index in [2.05, 4.69) is 242 Å². The molecule has 0 aliphatic rings. The number of hydrogen-bond acceptors (Lipinski definition) is 0. The van der Waals surface area contributed by atoms with Gasteiger partial charge < -0.3 is 4.57 Å². The summed E-state index contributed by atoms with van der Waals surface area (Å²) < 4.78 is 11.6. The van der Waals surface area contributed by atoms with Crippen LogP contribution in [-0.4, -0.2) is 9.24 Å². The lowest BCUT2D eigenvalue weighted by molar-refractivity contribution is -0.901. The largest absolute Gasteiger partial charge is 0.452 e. The normalized spacial score (nSPS) is 11.6. The number of benzene rings is 8. The summed E-state index contributed by atoms with van der Waals surface area (Å²) in [5.41, 5.74) is 12.5. The maximum Gasteiger partial charge on any atom is 0.452 e. The fourth-order valence-corrected chi connectivity index (χ4v) is 8.58. The van der Waals surface area contributed by atoms with E-state index >= 15 is 0 Å². The van der Waals surface area contributed by atoms with Crippen molar-refractivity contribution in [2.24, 2.45) is 0 Å². The molecule has 0 fully saturated rings. The Labute approximate surface area is 324 Å². The molecule has 0 spiro atoms.